The van der Waals surface area contributed by atoms with E-state index in [4.69, 9.17) is 0 Å². The third kappa shape index (κ3) is 3.66. The van der Waals surface area contributed by atoms with Gasteiger partial charge in [0, 0.05) is 6.54 Å². The Hall–Kier alpha value is 0.310. The number of likely N-dealkylation sites (tertiary alicyclic amines) is 1. The van der Waals surface area contributed by atoms with Gasteiger partial charge in [-0.1, -0.05) is 33.1 Å². The lowest BCUT2D eigenvalue weighted by atomic mass is 9.68. The molecule has 1 spiro atoms. The minimum absolute atomic E-state index is 0.753. The summed E-state index contributed by atoms with van der Waals surface area (Å²) in [7, 11) is 0. The first-order valence-corrected chi connectivity index (χ1v) is 8.62. The molecule has 0 aromatic carbocycles. The van der Waals surface area contributed by atoms with Crippen molar-refractivity contribution in [2.45, 2.75) is 58.8 Å². The van der Waals surface area contributed by atoms with Gasteiger partial charge >= 0.3 is 0 Å². The lowest BCUT2D eigenvalue weighted by molar-refractivity contribution is 0.0578. The molecule has 1 unspecified atom stereocenters. The molecule has 0 bridgehead atoms. The molecule has 2 aliphatic rings. The van der Waals surface area contributed by atoms with Crippen LogP contribution in [0.2, 0.25) is 0 Å². The van der Waals surface area contributed by atoms with E-state index in [1.807, 2.05) is 0 Å². The van der Waals surface area contributed by atoms with Crippen LogP contribution in [0, 0.1) is 17.3 Å². The van der Waals surface area contributed by atoms with Gasteiger partial charge < -0.3 is 4.90 Å². The Balaban J connectivity index is 1.79. The summed E-state index contributed by atoms with van der Waals surface area (Å²) in [6.07, 6.45) is 10.4. The maximum atomic E-state index is 4.52. The average molecular weight is 269 g/mol. The van der Waals surface area contributed by atoms with Crippen LogP contribution in [0.15, 0.2) is 0 Å². The fourth-order valence-corrected chi connectivity index (χ4v) is 4.36. The van der Waals surface area contributed by atoms with Crippen molar-refractivity contribution in [3.05, 3.63) is 0 Å². The van der Waals surface area contributed by atoms with Crippen LogP contribution >= 0.6 is 12.6 Å². The number of thiol groups is 1. The van der Waals surface area contributed by atoms with Crippen LogP contribution in [0.3, 0.4) is 0 Å². The van der Waals surface area contributed by atoms with Gasteiger partial charge in [-0.3, -0.25) is 0 Å². The second kappa shape index (κ2) is 6.65. The van der Waals surface area contributed by atoms with Crippen LogP contribution < -0.4 is 0 Å². The molecule has 1 heterocycles. The smallest absolute Gasteiger partial charge is 0.00199 e. The number of hydrogen-bond donors (Lipinski definition) is 1. The van der Waals surface area contributed by atoms with E-state index in [-0.39, 0.29) is 0 Å². The van der Waals surface area contributed by atoms with Crippen molar-refractivity contribution >= 4 is 12.6 Å². The monoisotopic (exact) mass is 269 g/mol. The van der Waals surface area contributed by atoms with Gasteiger partial charge in [0.05, 0.1) is 0 Å². The Bertz CT molecular complexity index is 235. The van der Waals surface area contributed by atoms with E-state index in [1.54, 1.807) is 0 Å². The Morgan fingerprint density at radius 3 is 2.11 bits per heavy atom. The summed E-state index contributed by atoms with van der Waals surface area (Å²) in [4.78, 5) is 2.71. The summed E-state index contributed by atoms with van der Waals surface area (Å²) < 4.78 is 0. The molecule has 0 radical (unpaired) electrons. The number of hydrogen-bond acceptors (Lipinski definition) is 2. The van der Waals surface area contributed by atoms with Crippen molar-refractivity contribution in [1.29, 1.82) is 0 Å². The molecule has 0 N–H and O–H groups in total. The minimum atomic E-state index is 0.753. The van der Waals surface area contributed by atoms with Crippen LogP contribution in [0.25, 0.3) is 0 Å². The van der Waals surface area contributed by atoms with Crippen LogP contribution in [-0.4, -0.2) is 30.3 Å². The van der Waals surface area contributed by atoms with Crippen molar-refractivity contribution < 1.29 is 0 Å². The lowest BCUT2D eigenvalue weighted by Crippen LogP contribution is -2.43. The van der Waals surface area contributed by atoms with Crippen molar-refractivity contribution in [2.24, 2.45) is 17.3 Å². The SMILES string of the molecule is CC(C)C(CS)CN1CCC2(CCCCC2)CC1. The fraction of sp³-hybridized carbons (Fsp3) is 1.00. The number of piperidine rings is 1. The highest BCUT2D eigenvalue weighted by Gasteiger charge is 2.35. The largest absolute Gasteiger partial charge is 0.303 e. The molecule has 1 nitrogen and oxygen atoms in total. The van der Waals surface area contributed by atoms with Crippen molar-refractivity contribution in [3.63, 3.8) is 0 Å². The van der Waals surface area contributed by atoms with E-state index in [9.17, 15) is 0 Å². The predicted molar refractivity (Wildman–Crippen MR) is 83.4 cm³/mol. The van der Waals surface area contributed by atoms with Crippen molar-refractivity contribution in [2.75, 3.05) is 25.4 Å². The van der Waals surface area contributed by atoms with Gasteiger partial charge in [-0.05, 0) is 61.8 Å². The molecule has 0 aromatic heterocycles. The Morgan fingerprint density at radius 1 is 1.00 bits per heavy atom. The second-order valence-electron chi connectivity index (χ2n) is 7.05. The van der Waals surface area contributed by atoms with E-state index in [2.05, 4.69) is 31.4 Å². The van der Waals surface area contributed by atoms with E-state index in [0.29, 0.717) is 0 Å². The standard InChI is InChI=1S/C16H31NS/c1-14(2)15(13-18)12-17-10-8-16(9-11-17)6-4-3-5-7-16/h14-15,18H,3-13H2,1-2H3. The van der Waals surface area contributed by atoms with Crippen LogP contribution in [0.4, 0.5) is 0 Å². The number of rotatable bonds is 4. The summed E-state index contributed by atoms with van der Waals surface area (Å²) >= 11 is 4.52. The van der Waals surface area contributed by atoms with Crippen molar-refractivity contribution in [3.8, 4) is 0 Å². The summed E-state index contributed by atoms with van der Waals surface area (Å²) in [5.74, 6) is 2.58. The molecular weight excluding hydrogens is 238 g/mol. The Labute approximate surface area is 119 Å². The molecule has 2 heteroatoms. The Morgan fingerprint density at radius 2 is 1.61 bits per heavy atom. The fourth-order valence-electron chi connectivity index (χ4n) is 3.82. The average Bonchev–Trinajstić information content (AvgIpc) is 2.39. The van der Waals surface area contributed by atoms with Crippen LogP contribution in [-0.2, 0) is 0 Å². The maximum absolute atomic E-state index is 4.52. The molecule has 1 aliphatic heterocycles. The van der Waals surface area contributed by atoms with Crippen LogP contribution in [0.5, 0.6) is 0 Å². The van der Waals surface area contributed by atoms with Gasteiger partial charge in [0.1, 0.15) is 0 Å². The highest BCUT2D eigenvalue weighted by Crippen LogP contribution is 2.44. The normalized spacial score (nSPS) is 26.7. The van der Waals surface area contributed by atoms with Gasteiger partial charge in [-0.25, -0.2) is 0 Å². The quantitative estimate of drug-likeness (QED) is 0.747. The minimum Gasteiger partial charge on any atom is -0.303 e. The van der Waals surface area contributed by atoms with Gasteiger partial charge in [-0.15, -0.1) is 0 Å². The zero-order valence-electron chi connectivity index (χ0n) is 12.3. The first-order valence-electron chi connectivity index (χ1n) is 7.98. The summed E-state index contributed by atoms with van der Waals surface area (Å²) in [5.41, 5.74) is 0.753. The van der Waals surface area contributed by atoms with Gasteiger partial charge in [-0.2, -0.15) is 12.6 Å². The zero-order chi connectivity index (χ0) is 13.0. The first kappa shape index (κ1) is 14.7. The van der Waals surface area contributed by atoms with Gasteiger partial charge in [0.15, 0.2) is 0 Å². The van der Waals surface area contributed by atoms with Crippen molar-refractivity contribution in [1.82, 2.24) is 4.90 Å². The first-order chi connectivity index (χ1) is 8.65. The van der Waals surface area contributed by atoms with E-state index in [0.717, 1.165) is 23.0 Å². The Kier molecular flexibility index (Phi) is 5.44. The molecule has 1 saturated heterocycles. The molecule has 18 heavy (non-hydrogen) atoms. The number of nitrogens with zero attached hydrogens (tertiary/aromatic N) is 1. The topological polar surface area (TPSA) is 3.24 Å². The van der Waals surface area contributed by atoms with E-state index in [1.165, 1.54) is 64.6 Å². The molecule has 1 saturated carbocycles. The lowest BCUT2D eigenvalue weighted by Gasteiger charge is -2.45. The summed E-state index contributed by atoms with van der Waals surface area (Å²) in [5, 5.41) is 0. The molecule has 1 aliphatic carbocycles. The van der Waals surface area contributed by atoms with E-state index < -0.39 is 0 Å². The summed E-state index contributed by atoms with van der Waals surface area (Å²) in [6, 6.07) is 0. The highest BCUT2D eigenvalue weighted by atomic mass is 32.1. The summed E-state index contributed by atoms with van der Waals surface area (Å²) in [6.45, 7) is 8.65. The highest BCUT2D eigenvalue weighted by molar-refractivity contribution is 7.80. The predicted octanol–water partition coefficient (Wildman–Crippen LogP) is 4.23. The maximum Gasteiger partial charge on any atom is 0.00199 e. The second-order valence-corrected chi connectivity index (χ2v) is 7.41. The molecule has 0 aromatic rings. The molecule has 2 fully saturated rings. The molecule has 1 atom stereocenters. The molecule has 106 valence electrons. The molecule has 2 rings (SSSR count). The molecular formula is C16H31NS. The third-order valence-corrected chi connectivity index (χ3v) is 5.97. The van der Waals surface area contributed by atoms with E-state index >= 15 is 0 Å². The van der Waals surface area contributed by atoms with Gasteiger partial charge in [0.2, 0.25) is 0 Å². The third-order valence-electron chi connectivity index (χ3n) is 5.50. The molecule has 0 amide bonds. The zero-order valence-corrected chi connectivity index (χ0v) is 13.2. The van der Waals surface area contributed by atoms with Gasteiger partial charge in [0.25, 0.3) is 0 Å². The van der Waals surface area contributed by atoms with Crippen LogP contribution in [0.1, 0.15) is 58.8 Å².